The summed E-state index contributed by atoms with van der Waals surface area (Å²) in [4.78, 5) is 15.1. The molecule has 0 saturated heterocycles. The Morgan fingerprint density at radius 2 is 2.21 bits per heavy atom. The van der Waals surface area contributed by atoms with E-state index < -0.39 is 5.97 Å². The molecule has 2 rings (SSSR count). The number of aliphatic carboxylic acids is 1. The zero-order chi connectivity index (χ0) is 14.0. The van der Waals surface area contributed by atoms with Crippen LogP contribution in [0.3, 0.4) is 0 Å². The maximum Gasteiger partial charge on any atom is 0.305 e. The highest BCUT2D eigenvalue weighted by molar-refractivity contribution is 5.68. The topological polar surface area (TPSA) is 79.5 Å². The first kappa shape index (κ1) is 13.3. The van der Waals surface area contributed by atoms with Crippen LogP contribution < -0.4 is 5.32 Å². The molecule has 2 heterocycles. The number of aryl methyl sites for hydroxylation is 1. The molecular formula is C13H18N4O2. The van der Waals surface area contributed by atoms with Crippen molar-refractivity contribution in [2.75, 3.05) is 5.32 Å². The summed E-state index contributed by atoms with van der Waals surface area (Å²) in [6, 6.07) is 3.73. The quantitative estimate of drug-likeness (QED) is 0.861. The summed E-state index contributed by atoms with van der Waals surface area (Å²) in [6.07, 6.45) is 1.56. The number of rotatable bonds is 5. The minimum absolute atomic E-state index is 0.0712. The Hall–Kier alpha value is -2.11. The van der Waals surface area contributed by atoms with Gasteiger partial charge in [-0.05, 0) is 30.5 Å². The zero-order valence-corrected chi connectivity index (χ0v) is 11.3. The molecule has 2 aromatic heterocycles. The van der Waals surface area contributed by atoms with Crippen LogP contribution >= 0.6 is 0 Å². The Labute approximate surface area is 111 Å². The van der Waals surface area contributed by atoms with Gasteiger partial charge in [0.1, 0.15) is 12.1 Å². The second-order valence-corrected chi connectivity index (χ2v) is 5.04. The van der Waals surface area contributed by atoms with Crippen LogP contribution in [0, 0.1) is 12.8 Å². The number of hydrogen-bond donors (Lipinski definition) is 2. The fourth-order valence-electron chi connectivity index (χ4n) is 1.99. The molecule has 0 amide bonds. The normalized spacial score (nSPS) is 12.8. The van der Waals surface area contributed by atoms with E-state index in [0.717, 1.165) is 17.0 Å². The molecule has 6 heteroatoms. The van der Waals surface area contributed by atoms with Crippen molar-refractivity contribution in [1.29, 1.82) is 0 Å². The smallest absolute Gasteiger partial charge is 0.305 e. The maximum atomic E-state index is 10.9. The lowest BCUT2D eigenvalue weighted by Gasteiger charge is -2.22. The molecule has 6 nitrogen and oxygen atoms in total. The lowest BCUT2D eigenvalue weighted by atomic mass is 10.0. The Morgan fingerprint density at radius 1 is 1.47 bits per heavy atom. The van der Waals surface area contributed by atoms with Gasteiger partial charge in [0, 0.05) is 6.04 Å². The van der Waals surface area contributed by atoms with Crippen molar-refractivity contribution in [1.82, 2.24) is 14.6 Å². The number of carboxylic acids is 1. The van der Waals surface area contributed by atoms with Gasteiger partial charge < -0.3 is 10.4 Å². The van der Waals surface area contributed by atoms with Crippen molar-refractivity contribution < 1.29 is 9.90 Å². The SMILES string of the molecule is Cc1cc(NC(CC(=O)O)C(C)C)n2ncnc2c1. The molecule has 0 bridgehead atoms. The van der Waals surface area contributed by atoms with Gasteiger partial charge in [0.25, 0.3) is 0 Å². The van der Waals surface area contributed by atoms with Gasteiger partial charge in [-0.3, -0.25) is 4.79 Å². The van der Waals surface area contributed by atoms with Crippen LogP contribution in [0.4, 0.5) is 5.82 Å². The molecule has 1 atom stereocenters. The molecule has 1 unspecified atom stereocenters. The van der Waals surface area contributed by atoms with E-state index in [0.29, 0.717) is 0 Å². The van der Waals surface area contributed by atoms with Crippen LogP contribution in [-0.2, 0) is 4.79 Å². The van der Waals surface area contributed by atoms with Gasteiger partial charge in [-0.15, -0.1) is 0 Å². The van der Waals surface area contributed by atoms with Crippen LogP contribution in [0.5, 0.6) is 0 Å². The predicted octanol–water partition coefficient (Wildman–Crippen LogP) is 1.95. The third-order valence-corrected chi connectivity index (χ3v) is 3.06. The summed E-state index contributed by atoms with van der Waals surface area (Å²) >= 11 is 0. The molecule has 19 heavy (non-hydrogen) atoms. The van der Waals surface area contributed by atoms with E-state index >= 15 is 0 Å². The Kier molecular flexibility index (Phi) is 3.69. The van der Waals surface area contributed by atoms with Crippen LogP contribution in [-0.4, -0.2) is 31.7 Å². The van der Waals surface area contributed by atoms with E-state index in [1.807, 2.05) is 32.9 Å². The third kappa shape index (κ3) is 3.01. The molecule has 0 fully saturated rings. The van der Waals surface area contributed by atoms with Gasteiger partial charge in [0.15, 0.2) is 5.65 Å². The average Bonchev–Trinajstić information content (AvgIpc) is 2.75. The van der Waals surface area contributed by atoms with Crippen molar-refractivity contribution in [2.45, 2.75) is 33.2 Å². The van der Waals surface area contributed by atoms with Crippen LogP contribution in [0.25, 0.3) is 5.65 Å². The highest BCUT2D eigenvalue weighted by atomic mass is 16.4. The predicted molar refractivity (Wildman–Crippen MR) is 72.2 cm³/mol. The first-order valence-electron chi connectivity index (χ1n) is 6.26. The molecule has 102 valence electrons. The molecule has 2 N–H and O–H groups in total. The molecule has 0 radical (unpaired) electrons. The summed E-state index contributed by atoms with van der Waals surface area (Å²) in [6.45, 7) is 5.96. The van der Waals surface area contributed by atoms with E-state index in [9.17, 15) is 4.79 Å². The fourth-order valence-corrected chi connectivity index (χ4v) is 1.99. The lowest BCUT2D eigenvalue weighted by Crippen LogP contribution is -2.29. The van der Waals surface area contributed by atoms with E-state index in [4.69, 9.17) is 5.11 Å². The number of aromatic nitrogens is 3. The van der Waals surface area contributed by atoms with E-state index in [-0.39, 0.29) is 18.4 Å². The number of hydrogen-bond acceptors (Lipinski definition) is 4. The summed E-state index contributed by atoms with van der Waals surface area (Å²) in [5, 5.41) is 16.4. The molecule has 0 aromatic carbocycles. The number of pyridine rings is 1. The second kappa shape index (κ2) is 5.26. The molecule has 0 aliphatic carbocycles. The average molecular weight is 262 g/mol. The van der Waals surface area contributed by atoms with Gasteiger partial charge >= 0.3 is 5.97 Å². The number of carboxylic acid groups (broad SMARTS) is 1. The summed E-state index contributed by atoms with van der Waals surface area (Å²) in [5.41, 5.74) is 1.81. The van der Waals surface area contributed by atoms with Crippen LogP contribution in [0.2, 0.25) is 0 Å². The monoisotopic (exact) mass is 262 g/mol. The standard InChI is InChI=1S/C13H18N4O2/c1-8(2)10(6-13(18)19)16-12-5-9(3)4-11-14-7-15-17(11)12/h4-5,7-8,10,16H,6H2,1-3H3,(H,18,19). The molecule has 0 spiro atoms. The van der Waals surface area contributed by atoms with Crippen molar-refractivity contribution in [3.8, 4) is 0 Å². The largest absolute Gasteiger partial charge is 0.481 e. The molecule has 0 aliphatic rings. The van der Waals surface area contributed by atoms with Gasteiger partial charge in [-0.2, -0.15) is 9.61 Å². The summed E-state index contributed by atoms with van der Waals surface area (Å²) in [7, 11) is 0. The number of nitrogens with one attached hydrogen (secondary N) is 1. The van der Waals surface area contributed by atoms with Gasteiger partial charge in [-0.1, -0.05) is 13.8 Å². The highest BCUT2D eigenvalue weighted by Gasteiger charge is 2.18. The van der Waals surface area contributed by atoms with Crippen molar-refractivity contribution in [3.63, 3.8) is 0 Å². The summed E-state index contributed by atoms with van der Waals surface area (Å²) < 4.78 is 1.68. The number of nitrogens with zero attached hydrogens (tertiary/aromatic N) is 3. The van der Waals surface area contributed by atoms with Crippen LogP contribution in [0.1, 0.15) is 25.8 Å². The van der Waals surface area contributed by atoms with Gasteiger partial charge in [0.05, 0.1) is 6.42 Å². The van der Waals surface area contributed by atoms with Crippen molar-refractivity contribution >= 4 is 17.4 Å². The van der Waals surface area contributed by atoms with E-state index in [1.54, 1.807) is 4.52 Å². The van der Waals surface area contributed by atoms with Crippen LogP contribution in [0.15, 0.2) is 18.5 Å². The lowest BCUT2D eigenvalue weighted by molar-refractivity contribution is -0.137. The van der Waals surface area contributed by atoms with Crippen molar-refractivity contribution in [2.24, 2.45) is 5.92 Å². The molecule has 0 aliphatic heterocycles. The number of anilines is 1. The van der Waals surface area contributed by atoms with Gasteiger partial charge in [0.2, 0.25) is 0 Å². The van der Waals surface area contributed by atoms with E-state index in [2.05, 4.69) is 15.4 Å². The fraction of sp³-hybridized carbons (Fsp3) is 0.462. The number of carbonyl (C=O) groups is 1. The first-order chi connectivity index (χ1) is 8.97. The first-order valence-corrected chi connectivity index (χ1v) is 6.26. The Balaban J connectivity index is 2.32. The van der Waals surface area contributed by atoms with E-state index in [1.165, 1.54) is 6.33 Å². The van der Waals surface area contributed by atoms with Gasteiger partial charge in [-0.25, -0.2) is 4.98 Å². The zero-order valence-electron chi connectivity index (χ0n) is 11.3. The minimum Gasteiger partial charge on any atom is -0.481 e. The molecule has 2 aromatic rings. The number of fused-ring (bicyclic) bond motifs is 1. The molecular weight excluding hydrogens is 244 g/mol. The summed E-state index contributed by atoms with van der Waals surface area (Å²) in [5.74, 6) is 0.163. The highest BCUT2D eigenvalue weighted by Crippen LogP contribution is 2.18. The third-order valence-electron chi connectivity index (χ3n) is 3.06. The Morgan fingerprint density at radius 3 is 2.84 bits per heavy atom. The molecule has 0 saturated carbocycles. The second-order valence-electron chi connectivity index (χ2n) is 5.04. The Bertz CT molecular complexity index is 591. The minimum atomic E-state index is -0.811. The maximum absolute atomic E-state index is 10.9. The van der Waals surface area contributed by atoms with Crippen molar-refractivity contribution in [3.05, 3.63) is 24.0 Å².